The molecule has 1 unspecified atom stereocenters. The van der Waals surface area contributed by atoms with Crippen LogP contribution in [0.25, 0.3) is 0 Å². The van der Waals surface area contributed by atoms with Crippen molar-refractivity contribution < 1.29 is 5.11 Å². The Morgan fingerprint density at radius 2 is 1.89 bits per heavy atom. The van der Waals surface area contributed by atoms with Crippen LogP contribution in [0.3, 0.4) is 0 Å². The molecule has 1 atom stereocenters. The summed E-state index contributed by atoms with van der Waals surface area (Å²) in [6.45, 7) is 2.14. The maximum Gasteiger partial charge on any atom is 0.122 e. The van der Waals surface area contributed by atoms with Gasteiger partial charge < -0.3 is 5.11 Å². The van der Waals surface area contributed by atoms with E-state index in [-0.39, 0.29) is 0 Å². The van der Waals surface area contributed by atoms with Gasteiger partial charge in [-0.2, -0.15) is 0 Å². The van der Waals surface area contributed by atoms with Crippen molar-refractivity contribution >= 4 is 23.2 Å². The minimum absolute atomic E-state index is 0.373. The molecule has 1 heterocycles. The number of aliphatic hydroxyl groups excluding tert-OH is 1. The third-order valence-corrected chi connectivity index (χ3v) is 3.44. The summed E-state index contributed by atoms with van der Waals surface area (Å²) in [6, 6.07) is 9.43. The van der Waals surface area contributed by atoms with Gasteiger partial charge in [0.25, 0.3) is 0 Å². The standard InChI is InChI=1S/C15H15Cl2NO/c1-2-3-10-4-6-11(7-5-10)15(19)14-13(17)8-12(16)9-18-14/h4-9,15,19H,2-3H2,1H3. The second-order valence-electron chi connectivity index (χ2n) is 4.41. The summed E-state index contributed by atoms with van der Waals surface area (Å²) in [5.41, 5.74) is 2.46. The number of nitrogens with zero attached hydrogens (tertiary/aromatic N) is 1. The predicted molar refractivity (Wildman–Crippen MR) is 78.8 cm³/mol. The highest BCUT2D eigenvalue weighted by Crippen LogP contribution is 2.28. The van der Waals surface area contributed by atoms with Gasteiger partial charge in [0.15, 0.2) is 0 Å². The van der Waals surface area contributed by atoms with Crippen LogP contribution in [0.2, 0.25) is 10.0 Å². The van der Waals surface area contributed by atoms with Crippen molar-refractivity contribution in [2.45, 2.75) is 25.9 Å². The minimum Gasteiger partial charge on any atom is -0.382 e. The molecular formula is C15H15Cl2NO. The van der Waals surface area contributed by atoms with Crippen LogP contribution in [0, 0.1) is 0 Å². The number of halogens is 2. The van der Waals surface area contributed by atoms with Gasteiger partial charge >= 0.3 is 0 Å². The average molecular weight is 296 g/mol. The van der Waals surface area contributed by atoms with Gasteiger partial charge in [-0.15, -0.1) is 0 Å². The quantitative estimate of drug-likeness (QED) is 0.905. The molecule has 19 heavy (non-hydrogen) atoms. The maximum atomic E-state index is 10.3. The summed E-state index contributed by atoms with van der Waals surface area (Å²) >= 11 is 11.8. The second kappa shape index (κ2) is 6.38. The van der Waals surface area contributed by atoms with E-state index in [0.717, 1.165) is 18.4 Å². The largest absolute Gasteiger partial charge is 0.382 e. The van der Waals surface area contributed by atoms with Crippen LogP contribution in [0.5, 0.6) is 0 Å². The topological polar surface area (TPSA) is 33.1 Å². The van der Waals surface area contributed by atoms with Crippen LogP contribution in [0.4, 0.5) is 0 Å². The zero-order valence-corrected chi connectivity index (χ0v) is 12.1. The number of aromatic nitrogens is 1. The molecule has 0 aliphatic heterocycles. The molecule has 1 aromatic heterocycles. The lowest BCUT2D eigenvalue weighted by molar-refractivity contribution is 0.215. The molecule has 0 saturated carbocycles. The van der Waals surface area contributed by atoms with E-state index in [0.29, 0.717) is 15.7 Å². The number of aryl methyl sites for hydroxylation is 1. The Morgan fingerprint density at radius 1 is 1.21 bits per heavy atom. The lowest BCUT2D eigenvalue weighted by Gasteiger charge is -2.12. The number of benzene rings is 1. The Hall–Kier alpha value is -1.09. The summed E-state index contributed by atoms with van der Waals surface area (Å²) in [7, 11) is 0. The van der Waals surface area contributed by atoms with Gasteiger partial charge in [0.1, 0.15) is 6.10 Å². The highest BCUT2D eigenvalue weighted by atomic mass is 35.5. The number of hydrogen-bond acceptors (Lipinski definition) is 2. The van der Waals surface area contributed by atoms with Crippen molar-refractivity contribution in [2.75, 3.05) is 0 Å². The van der Waals surface area contributed by atoms with Gasteiger partial charge in [0.2, 0.25) is 0 Å². The van der Waals surface area contributed by atoms with Crippen molar-refractivity contribution in [2.24, 2.45) is 0 Å². The van der Waals surface area contributed by atoms with Crippen LogP contribution in [-0.4, -0.2) is 10.1 Å². The van der Waals surface area contributed by atoms with Gasteiger partial charge in [-0.3, -0.25) is 4.98 Å². The lowest BCUT2D eigenvalue weighted by Crippen LogP contribution is -2.03. The SMILES string of the molecule is CCCc1ccc(C(O)c2ncc(Cl)cc2Cl)cc1. The molecule has 1 N–H and O–H groups in total. The summed E-state index contributed by atoms with van der Waals surface area (Å²) in [5.74, 6) is 0. The van der Waals surface area contributed by atoms with E-state index in [1.54, 1.807) is 6.07 Å². The zero-order chi connectivity index (χ0) is 13.8. The van der Waals surface area contributed by atoms with Crippen molar-refractivity contribution in [3.63, 3.8) is 0 Å². The molecule has 1 aromatic carbocycles. The predicted octanol–water partition coefficient (Wildman–Crippen LogP) is 4.42. The third kappa shape index (κ3) is 3.47. The fraction of sp³-hybridized carbons (Fsp3) is 0.267. The first kappa shape index (κ1) is 14.3. The van der Waals surface area contributed by atoms with E-state index in [4.69, 9.17) is 23.2 Å². The molecule has 0 fully saturated rings. The Kier molecular flexibility index (Phi) is 4.81. The molecule has 0 amide bonds. The number of hydrogen-bond donors (Lipinski definition) is 1. The van der Waals surface area contributed by atoms with Gasteiger partial charge in [-0.05, 0) is 23.6 Å². The van der Waals surface area contributed by atoms with Crippen LogP contribution in [0.1, 0.15) is 36.3 Å². The normalized spacial score (nSPS) is 12.4. The van der Waals surface area contributed by atoms with Crippen molar-refractivity contribution in [3.05, 3.63) is 63.4 Å². The first-order valence-electron chi connectivity index (χ1n) is 6.19. The number of pyridine rings is 1. The minimum atomic E-state index is -0.833. The van der Waals surface area contributed by atoms with Crippen LogP contribution >= 0.6 is 23.2 Å². The fourth-order valence-corrected chi connectivity index (χ4v) is 2.42. The number of aliphatic hydroxyl groups is 1. The number of rotatable bonds is 4. The maximum absolute atomic E-state index is 10.3. The monoisotopic (exact) mass is 295 g/mol. The van der Waals surface area contributed by atoms with Crippen molar-refractivity contribution in [3.8, 4) is 0 Å². The molecule has 0 spiro atoms. The summed E-state index contributed by atoms with van der Waals surface area (Å²) in [5, 5.41) is 11.1. The van der Waals surface area contributed by atoms with Gasteiger partial charge in [-0.25, -0.2) is 0 Å². The summed E-state index contributed by atoms with van der Waals surface area (Å²) in [4.78, 5) is 4.10. The highest BCUT2D eigenvalue weighted by molar-refractivity contribution is 6.34. The Balaban J connectivity index is 2.25. The highest BCUT2D eigenvalue weighted by Gasteiger charge is 2.15. The molecule has 0 aliphatic carbocycles. The van der Waals surface area contributed by atoms with E-state index in [9.17, 15) is 5.11 Å². The van der Waals surface area contributed by atoms with E-state index >= 15 is 0 Å². The molecular weight excluding hydrogens is 281 g/mol. The molecule has 2 rings (SSSR count). The molecule has 0 aliphatic rings. The molecule has 0 bridgehead atoms. The molecule has 100 valence electrons. The van der Waals surface area contributed by atoms with Crippen LogP contribution < -0.4 is 0 Å². The average Bonchev–Trinajstić information content (AvgIpc) is 2.39. The molecule has 4 heteroatoms. The van der Waals surface area contributed by atoms with Gasteiger partial charge in [0.05, 0.1) is 15.7 Å². The van der Waals surface area contributed by atoms with E-state index in [2.05, 4.69) is 11.9 Å². The first-order valence-corrected chi connectivity index (χ1v) is 6.95. The van der Waals surface area contributed by atoms with Gasteiger partial charge in [0, 0.05) is 6.20 Å². The Morgan fingerprint density at radius 3 is 2.47 bits per heavy atom. The fourth-order valence-electron chi connectivity index (χ4n) is 1.94. The molecule has 2 nitrogen and oxygen atoms in total. The molecule has 0 radical (unpaired) electrons. The van der Waals surface area contributed by atoms with Crippen molar-refractivity contribution in [1.29, 1.82) is 0 Å². The summed E-state index contributed by atoms with van der Waals surface area (Å²) in [6.07, 6.45) is 2.79. The Labute approximate surface area is 123 Å². The van der Waals surface area contributed by atoms with E-state index < -0.39 is 6.10 Å². The molecule has 2 aromatic rings. The van der Waals surface area contributed by atoms with Gasteiger partial charge in [-0.1, -0.05) is 60.8 Å². The third-order valence-electron chi connectivity index (χ3n) is 2.93. The Bertz CT molecular complexity index is 555. The second-order valence-corrected chi connectivity index (χ2v) is 5.26. The lowest BCUT2D eigenvalue weighted by atomic mass is 10.0. The zero-order valence-electron chi connectivity index (χ0n) is 10.6. The molecule has 0 saturated heterocycles. The van der Waals surface area contributed by atoms with E-state index in [1.165, 1.54) is 11.8 Å². The summed E-state index contributed by atoms with van der Waals surface area (Å²) < 4.78 is 0. The van der Waals surface area contributed by atoms with Crippen LogP contribution in [-0.2, 0) is 6.42 Å². The van der Waals surface area contributed by atoms with E-state index in [1.807, 2.05) is 24.3 Å². The smallest absolute Gasteiger partial charge is 0.122 e. The van der Waals surface area contributed by atoms with Crippen molar-refractivity contribution in [1.82, 2.24) is 4.98 Å². The van der Waals surface area contributed by atoms with Crippen LogP contribution in [0.15, 0.2) is 36.5 Å². The first-order chi connectivity index (χ1) is 9.11.